The number of rotatable bonds is 5. The first-order chi connectivity index (χ1) is 11.7. The molecule has 1 fully saturated rings. The topological polar surface area (TPSA) is 59.5 Å². The van der Waals surface area contributed by atoms with E-state index in [0.717, 1.165) is 24.5 Å². The minimum Gasteiger partial charge on any atom is -0.494 e. The maximum absolute atomic E-state index is 13.9. The smallest absolute Gasteiger partial charge is 0.165 e. The minimum atomic E-state index is -0.375. The standard InChI is InChI=1S/C17H21FN4O2/c1-12(13-3-4-15(23-2)14(18)9-13)21-16-10-17(20-11-19-16)22-5-7-24-8-6-22/h3-4,9-12H,5-8H2,1-2H3,(H,19,20,21)/t12-/m0/s1. The first-order valence-corrected chi connectivity index (χ1v) is 7.92. The van der Waals surface area contributed by atoms with Crippen molar-refractivity contribution in [2.75, 3.05) is 43.6 Å². The monoisotopic (exact) mass is 332 g/mol. The lowest BCUT2D eigenvalue weighted by Crippen LogP contribution is -2.36. The fourth-order valence-electron chi connectivity index (χ4n) is 2.65. The van der Waals surface area contributed by atoms with Crippen LogP contribution in [0.5, 0.6) is 5.75 Å². The van der Waals surface area contributed by atoms with E-state index in [9.17, 15) is 4.39 Å². The van der Waals surface area contributed by atoms with Crippen LogP contribution in [0.15, 0.2) is 30.6 Å². The first kappa shape index (κ1) is 16.4. The lowest BCUT2D eigenvalue weighted by molar-refractivity contribution is 0.122. The highest BCUT2D eigenvalue weighted by molar-refractivity contribution is 5.50. The molecule has 0 spiro atoms. The first-order valence-electron chi connectivity index (χ1n) is 7.92. The van der Waals surface area contributed by atoms with Gasteiger partial charge in [-0.3, -0.25) is 0 Å². The number of anilines is 2. The van der Waals surface area contributed by atoms with Crippen molar-refractivity contribution in [3.63, 3.8) is 0 Å². The summed E-state index contributed by atoms with van der Waals surface area (Å²) in [5.41, 5.74) is 0.819. The van der Waals surface area contributed by atoms with Crippen LogP contribution in [0.25, 0.3) is 0 Å². The third-order valence-electron chi connectivity index (χ3n) is 4.03. The molecule has 0 aliphatic carbocycles. The van der Waals surface area contributed by atoms with E-state index in [1.54, 1.807) is 6.07 Å². The van der Waals surface area contributed by atoms with Crippen LogP contribution >= 0.6 is 0 Å². The molecule has 1 aliphatic rings. The summed E-state index contributed by atoms with van der Waals surface area (Å²) in [4.78, 5) is 10.7. The molecule has 1 aromatic carbocycles. The number of morpholine rings is 1. The second kappa shape index (κ2) is 7.44. The maximum Gasteiger partial charge on any atom is 0.165 e. The van der Waals surface area contributed by atoms with E-state index in [1.807, 2.05) is 19.1 Å². The second-order valence-electron chi connectivity index (χ2n) is 5.62. The van der Waals surface area contributed by atoms with Gasteiger partial charge < -0.3 is 19.7 Å². The summed E-state index contributed by atoms with van der Waals surface area (Å²) >= 11 is 0. The number of hydrogen-bond donors (Lipinski definition) is 1. The Morgan fingerprint density at radius 3 is 2.75 bits per heavy atom. The number of halogens is 1. The van der Waals surface area contributed by atoms with Gasteiger partial charge in [0.25, 0.3) is 0 Å². The summed E-state index contributed by atoms with van der Waals surface area (Å²) in [5.74, 6) is 1.43. The van der Waals surface area contributed by atoms with Crippen molar-refractivity contribution in [1.29, 1.82) is 0 Å². The van der Waals surface area contributed by atoms with E-state index in [-0.39, 0.29) is 17.6 Å². The highest BCUT2D eigenvalue weighted by Gasteiger charge is 2.14. The van der Waals surface area contributed by atoms with Crippen molar-refractivity contribution >= 4 is 11.6 Å². The third-order valence-corrected chi connectivity index (χ3v) is 4.03. The van der Waals surface area contributed by atoms with Gasteiger partial charge in [0.15, 0.2) is 11.6 Å². The molecule has 2 heterocycles. The molecule has 24 heavy (non-hydrogen) atoms. The quantitative estimate of drug-likeness (QED) is 0.908. The number of nitrogens with zero attached hydrogens (tertiary/aromatic N) is 3. The lowest BCUT2D eigenvalue weighted by Gasteiger charge is -2.28. The van der Waals surface area contributed by atoms with Gasteiger partial charge in [-0.25, -0.2) is 14.4 Å². The van der Waals surface area contributed by atoms with Crippen molar-refractivity contribution in [1.82, 2.24) is 9.97 Å². The maximum atomic E-state index is 13.9. The predicted molar refractivity (Wildman–Crippen MR) is 90.1 cm³/mol. The summed E-state index contributed by atoms with van der Waals surface area (Å²) in [6.45, 7) is 4.99. The third kappa shape index (κ3) is 3.73. The van der Waals surface area contributed by atoms with Crippen LogP contribution in [0.3, 0.4) is 0 Å². The van der Waals surface area contributed by atoms with Gasteiger partial charge in [-0.1, -0.05) is 6.07 Å². The fourth-order valence-corrected chi connectivity index (χ4v) is 2.65. The molecule has 2 aromatic rings. The van der Waals surface area contributed by atoms with Crippen molar-refractivity contribution in [3.05, 3.63) is 42.0 Å². The van der Waals surface area contributed by atoms with Gasteiger partial charge in [0.05, 0.1) is 26.4 Å². The zero-order chi connectivity index (χ0) is 16.9. The van der Waals surface area contributed by atoms with Gasteiger partial charge in [0, 0.05) is 19.2 Å². The van der Waals surface area contributed by atoms with Crippen LogP contribution in [0.1, 0.15) is 18.5 Å². The normalized spacial score (nSPS) is 15.9. The van der Waals surface area contributed by atoms with Gasteiger partial charge in [-0.15, -0.1) is 0 Å². The molecule has 1 saturated heterocycles. The van der Waals surface area contributed by atoms with Gasteiger partial charge in [-0.05, 0) is 24.6 Å². The van der Waals surface area contributed by atoms with Crippen LogP contribution in [-0.4, -0.2) is 43.4 Å². The molecule has 1 aliphatic heterocycles. The molecule has 6 nitrogen and oxygen atoms in total. The van der Waals surface area contributed by atoms with Gasteiger partial charge in [0.1, 0.15) is 18.0 Å². The van der Waals surface area contributed by atoms with Crippen molar-refractivity contribution < 1.29 is 13.9 Å². The zero-order valence-corrected chi connectivity index (χ0v) is 13.8. The molecule has 0 bridgehead atoms. The van der Waals surface area contributed by atoms with Gasteiger partial charge in [-0.2, -0.15) is 0 Å². The SMILES string of the molecule is COc1ccc([C@H](C)Nc2cc(N3CCOCC3)ncn2)cc1F. The molecule has 7 heteroatoms. The average Bonchev–Trinajstić information content (AvgIpc) is 2.62. The average molecular weight is 332 g/mol. The van der Waals surface area contributed by atoms with Crippen molar-refractivity contribution in [2.24, 2.45) is 0 Å². The van der Waals surface area contributed by atoms with Crippen LogP contribution in [0, 0.1) is 5.82 Å². The molecule has 1 aromatic heterocycles. The Morgan fingerprint density at radius 1 is 1.25 bits per heavy atom. The largest absolute Gasteiger partial charge is 0.494 e. The number of benzene rings is 1. The fraction of sp³-hybridized carbons (Fsp3) is 0.412. The lowest BCUT2D eigenvalue weighted by atomic mass is 10.1. The highest BCUT2D eigenvalue weighted by atomic mass is 19.1. The van der Waals surface area contributed by atoms with E-state index < -0.39 is 0 Å². The molecule has 1 atom stereocenters. The molecule has 0 amide bonds. The number of aromatic nitrogens is 2. The molecular formula is C17H21FN4O2. The van der Waals surface area contributed by atoms with Gasteiger partial charge in [0.2, 0.25) is 0 Å². The van der Waals surface area contributed by atoms with Crippen LogP contribution in [0.2, 0.25) is 0 Å². The van der Waals surface area contributed by atoms with Crippen LogP contribution < -0.4 is 15.0 Å². The van der Waals surface area contributed by atoms with Gasteiger partial charge >= 0.3 is 0 Å². The van der Waals surface area contributed by atoms with E-state index in [4.69, 9.17) is 9.47 Å². The summed E-state index contributed by atoms with van der Waals surface area (Å²) in [5, 5.41) is 3.29. The van der Waals surface area contributed by atoms with Crippen molar-refractivity contribution in [3.8, 4) is 5.75 Å². The van der Waals surface area contributed by atoms with E-state index in [2.05, 4.69) is 20.2 Å². The molecule has 0 saturated carbocycles. The molecule has 0 unspecified atom stereocenters. The number of nitrogens with one attached hydrogen (secondary N) is 1. The Bertz CT molecular complexity index is 692. The van der Waals surface area contributed by atoms with E-state index in [1.165, 1.54) is 19.5 Å². The predicted octanol–water partition coefficient (Wildman–Crippen LogP) is 2.63. The molecule has 0 radical (unpaired) electrons. The Hall–Kier alpha value is -2.41. The Kier molecular flexibility index (Phi) is 5.10. The van der Waals surface area contributed by atoms with Crippen LogP contribution in [-0.2, 0) is 4.74 Å². The number of hydrogen-bond acceptors (Lipinski definition) is 6. The molecule has 1 N–H and O–H groups in total. The summed E-state index contributed by atoms with van der Waals surface area (Å²) in [6, 6.07) is 6.74. The van der Waals surface area contributed by atoms with E-state index in [0.29, 0.717) is 19.0 Å². The molecule has 128 valence electrons. The molecule has 3 rings (SSSR count). The van der Waals surface area contributed by atoms with E-state index >= 15 is 0 Å². The Balaban J connectivity index is 1.72. The number of ether oxygens (including phenoxy) is 2. The van der Waals surface area contributed by atoms with Crippen molar-refractivity contribution in [2.45, 2.75) is 13.0 Å². The summed E-state index contributed by atoms with van der Waals surface area (Å²) in [6.07, 6.45) is 1.54. The Labute approximate surface area is 140 Å². The number of methoxy groups -OCH3 is 1. The zero-order valence-electron chi connectivity index (χ0n) is 13.8. The summed E-state index contributed by atoms with van der Waals surface area (Å²) in [7, 11) is 1.45. The Morgan fingerprint density at radius 2 is 2.04 bits per heavy atom. The second-order valence-corrected chi connectivity index (χ2v) is 5.62. The highest BCUT2D eigenvalue weighted by Crippen LogP contribution is 2.24. The summed E-state index contributed by atoms with van der Waals surface area (Å²) < 4.78 is 24.2. The molecular weight excluding hydrogens is 311 g/mol. The minimum absolute atomic E-state index is 0.0992. The van der Waals surface area contributed by atoms with Crippen LogP contribution in [0.4, 0.5) is 16.0 Å².